The fraction of sp³-hybridized carbons (Fsp3) is 0.387. The highest BCUT2D eigenvalue weighted by Crippen LogP contribution is 2.42. The lowest BCUT2D eigenvalue weighted by molar-refractivity contribution is -0.144. The standard InChI is InChI=1S/C31H27F12N3S/c1-46(2)26-6-4-3-5-25(26)45-27(47)44-24-12-16(18-8-20(28(32,33)34)14-21(9-18)29(35,36)37)7-17(13-24)19-10-22(30(38,39)40)15-23(11-19)31(41,42)43/h7-15,25-26H,3-6H2,1-2H3,(H2,44,45,47)/t25-,26-/m1/s1. The highest BCUT2D eigenvalue weighted by Gasteiger charge is 2.38. The zero-order valence-corrected chi connectivity index (χ0v) is 25.4. The molecule has 0 unspecified atom stereocenters. The van der Waals surface area contributed by atoms with Gasteiger partial charge in [0.2, 0.25) is 0 Å². The van der Waals surface area contributed by atoms with E-state index in [2.05, 4.69) is 10.6 Å². The molecule has 1 fully saturated rings. The molecule has 0 spiro atoms. The summed E-state index contributed by atoms with van der Waals surface area (Å²) in [7, 11) is 3.73. The molecule has 2 atom stereocenters. The third kappa shape index (κ3) is 9.09. The summed E-state index contributed by atoms with van der Waals surface area (Å²) in [6.45, 7) is 0. The van der Waals surface area contributed by atoms with Crippen LogP contribution in [0.3, 0.4) is 0 Å². The van der Waals surface area contributed by atoms with Gasteiger partial charge < -0.3 is 15.5 Å². The third-order valence-electron chi connectivity index (χ3n) is 7.74. The van der Waals surface area contributed by atoms with E-state index in [0.717, 1.165) is 37.5 Å². The molecule has 0 bridgehead atoms. The zero-order valence-electron chi connectivity index (χ0n) is 24.6. The Morgan fingerprint density at radius 1 is 0.574 bits per heavy atom. The van der Waals surface area contributed by atoms with Crippen molar-refractivity contribution >= 4 is 23.0 Å². The lowest BCUT2D eigenvalue weighted by Gasteiger charge is -2.37. The monoisotopic (exact) mass is 701 g/mol. The van der Waals surface area contributed by atoms with E-state index in [9.17, 15) is 52.7 Å². The van der Waals surface area contributed by atoms with Crippen LogP contribution in [0.4, 0.5) is 58.4 Å². The number of likely N-dealkylation sites (N-methyl/N-ethyl adjacent to an activating group) is 1. The summed E-state index contributed by atoms with van der Waals surface area (Å²) in [6, 6.07) is 4.47. The second-order valence-corrected chi connectivity index (χ2v) is 11.8. The van der Waals surface area contributed by atoms with Crippen molar-refractivity contribution in [3.8, 4) is 22.3 Å². The molecule has 3 aromatic carbocycles. The highest BCUT2D eigenvalue weighted by atomic mass is 32.1. The average Bonchev–Trinajstić information content (AvgIpc) is 2.94. The number of hydrogen-bond donors (Lipinski definition) is 2. The van der Waals surface area contributed by atoms with E-state index >= 15 is 0 Å². The maximum absolute atomic E-state index is 13.6. The fourth-order valence-electron chi connectivity index (χ4n) is 5.51. The van der Waals surface area contributed by atoms with Crippen LogP contribution in [0.2, 0.25) is 0 Å². The van der Waals surface area contributed by atoms with E-state index in [0.29, 0.717) is 30.7 Å². The first-order chi connectivity index (χ1) is 21.5. The van der Waals surface area contributed by atoms with Crippen molar-refractivity contribution in [1.82, 2.24) is 10.2 Å². The largest absolute Gasteiger partial charge is 0.416 e. The summed E-state index contributed by atoms with van der Waals surface area (Å²) in [5.74, 6) is 0. The van der Waals surface area contributed by atoms with Gasteiger partial charge in [0, 0.05) is 17.8 Å². The minimum atomic E-state index is -5.22. The van der Waals surface area contributed by atoms with E-state index in [-0.39, 0.29) is 46.1 Å². The van der Waals surface area contributed by atoms with Gasteiger partial charge in [-0.1, -0.05) is 12.8 Å². The Labute approximate surface area is 266 Å². The molecule has 1 saturated carbocycles. The second kappa shape index (κ2) is 13.2. The van der Waals surface area contributed by atoms with Crippen LogP contribution in [0.5, 0.6) is 0 Å². The molecule has 0 heterocycles. The van der Waals surface area contributed by atoms with E-state index in [1.807, 2.05) is 19.0 Å². The molecule has 4 rings (SSSR count). The summed E-state index contributed by atoms with van der Waals surface area (Å²) in [4.78, 5) is 1.98. The molecule has 3 aromatic rings. The lowest BCUT2D eigenvalue weighted by Crippen LogP contribution is -2.52. The summed E-state index contributed by atoms with van der Waals surface area (Å²) in [5, 5.41) is 5.86. The van der Waals surface area contributed by atoms with Gasteiger partial charge in [0.05, 0.1) is 22.3 Å². The summed E-state index contributed by atoms with van der Waals surface area (Å²) >= 11 is 5.42. The van der Waals surface area contributed by atoms with Gasteiger partial charge in [0.25, 0.3) is 0 Å². The lowest BCUT2D eigenvalue weighted by atomic mass is 9.89. The quantitative estimate of drug-likeness (QED) is 0.205. The average molecular weight is 702 g/mol. The first-order valence-electron chi connectivity index (χ1n) is 14.0. The van der Waals surface area contributed by atoms with Gasteiger partial charge in [-0.15, -0.1) is 0 Å². The van der Waals surface area contributed by atoms with Crippen LogP contribution in [0, 0.1) is 0 Å². The number of hydrogen-bond acceptors (Lipinski definition) is 2. The number of anilines is 1. The Hall–Kier alpha value is -3.53. The van der Waals surface area contributed by atoms with Crippen molar-refractivity contribution in [1.29, 1.82) is 0 Å². The fourth-order valence-corrected chi connectivity index (χ4v) is 5.78. The van der Waals surface area contributed by atoms with Crippen LogP contribution in [0.1, 0.15) is 47.9 Å². The van der Waals surface area contributed by atoms with Gasteiger partial charge in [-0.2, -0.15) is 52.7 Å². The van der Waals surface area contributed by atoms with Gasteiger partial charge in [-0.3, -0.25) is 0 Å². The molecule has 0 saturated heterocycles. The number of thiocarbonyl (C=S) groups is 1. The Morgan fingerprint density at radius 2 is 0.936 bits per heavy atom. The highest BCUT2D eigenvalue weighted by molar-refractivity contribution is 7.80. The Morgan fingerprint density at radius 3 is 1.30 bits per heavy atom. The third-order valence-corrected chi connectivity index (χ3v) is 7.96. The molecule has 2 N–H and O–H groups in total. The minimum Gasteiger partial charge on any atom is -0.358 e. The molecule has 0 amide bonds. The van der Waals surface area contributed by atoms with E-state index in [4.69, 9.17) is 12.2 Å². The van der Waals surface area contributed by atoms with Crippen LogP contribution >= 0.6 is 12.2 Å². The predicted molar refractivity (Wildman–Crippen MR) is 156 cm³/mol. The Balaban J connectivity index is 1.89. The zero-order chi connectivity index (χ0) is 35.1. The van der Waals surface area contributed by atoms with Crippen LogP contribution in [0.25, 0.3) is 22.3 Å². The molecule has 0 aromatic heterocycles. The smallest absolute Gasteiger partial charge is 0.358 e. The molecule has 0 aliphatic heterocycles. The molecule has 1 aliphatic rings. The predicted octanol–water partition coefficient (Wildman–Crippen LogP) is 10.3. The SMILES string of the molecule is CN(C)[C@@H]1CCCC[C@H]1NC(=S)Nc1cc(-c2cc(C(F)(F)F)cc(C(F)(F)F)c2)cc(-c2cc(C(F)(F)F)cc(C(F)(F)F)c2)c1. The topological polar surface area (TPSA) is 27.3 Å². The van der Waals surface area contributed by atoms with Crippen LogP contribution in [-0.4, -0.2) is 36.2 Å². The van der Waals surface area contributed by atoms with Crippen LogP contribution in [0.15, 0.2) is 54.6 Å². The minimum absolute atomic E-state index is 0.0214. The number of halogens is 12. The maximum Gasteiger partial charge on any atom is 0.416 e. The van der Waals surface area contributed by atoms with Crippen molar-refractivity contribution in [2.45, 2.75) is 62.5 Å². The number of nitrogens with one attached hydrogen (secondary N) is 2. The van der Waals surface area contributed by atoms with Crippen molar-refractivity contribution in [2.75, 3.05) is 19.4 Å². The van der Waals surface area contributed by atoms with E-state index < -0.39 is 58.1 Å². The van der Waals surface area contributed by atoms with Gasteiger partial charge in [-0.25, -0.2) is 0 Å². The van der Waals surface area contributed by atoms with Gasteiger partial charge >= 0.3 is 24.7 Å². The molecule has 47 heavy (non-hydrogen) atoms. The Kier molecular flexibility index (Phi) is 10.2. The molecular weight excluding hydrogens is 674 g/mol. The van der Waals surface area contributed by atoms with Crippen LogP contribution < -0.4 is 10.6 Å². The van der Waals surface area contributed by atoms with Gasteiger partial charge in [0.1, 0.15) is 0 Å². The van der Waals surface area contributed by atoms with Gasteiger partial charge in [-0.05, 0) is 116 Å². The summed E-state index contributed by atoms with van der Waals surface area (Å²) < 4.78 is 164. The summed E-state index contributed by atoms with van der Waals surface area (Å²) in [5.41, 5.74) is -8.76. The van der Waals surface area contributed by atoms with Crippen LogP contribution in [-0.2, 0) is 24.7 Å². The van der Waals surface area contributed by atoms with E-state index in [1.54, 1.807) is 0 Å². The molecule has 256 valence electrons. The molecular formula is C31H27F12N3S. The first kappa shape index (κ1) is 36.3. The molecule has 1 aliphatic carbocycles. The van der Waals surface area contributed by atoms with Crippen molar-refractivity contribution in [3.63, 3.8) is 0 Å². The summed E-state index contributed by atoms with van der Waals surface area (Å²) in [6.07, 6.45) is -17.5. The first-order valence-corrected chi connectivity index (χ1v) is 14.4. The van der Waals surface area contributed by atoms with Crippen molar-refractivity contribution in [3.05, 3.63) is 76.9 Å². The molecule has 3 nitrogen and oxygen atoms in total. The molecule has 16 heteroatoms. The normalized spacial score (nSPS) is 17.9. The Bertz CT molecular complexity index is 1450. The second-order valence-electron chi connectivity index (χ2n) is 11.4. The number of rotatable bonds is 5. The molecule has 0 radical (unpaired) electrons. The maximum atomic E-state index is 13.6. The van der Waals surface area contributed by atoms with Crippen molar-refractivity contribution in [2.24, 2.45) is 0 Å². The van der Waals surface area contributed by atoms with E-state index in [1.165, 1.54) is 0 Å². The number of benzene rings is 3. The van der Waals surface area contributed by atoms with Gasteiger partial charge in [0.15, 0.2) is 5.11 Å². The number of nitrogens with zero attached hydrogens (tertiary/aromatic N) is 1. The number of alkyl halides is 12. The van der Waals surface area contributed by atoms with Crippen molar-refractivity contribution < 1.29 is 52.7 Å².